The van der Waals surface area contributed by atoms with Crippen LogP contribution in [0.15, 0.2) is 0 Å². The summed E-state index contributed by atoms with van der Waals surface area (Å²) in [6.07, 6.45) is 13.3. The Labute approximate surface area is 160 Å². The van der Waals surface area contributed by atoms with Crippen molar-refractivity contribution in [1.82, 2.24) is 4.90 Å². The molecule has 1 aliphatic heterocycles. The summed E-state index contributed by atoms with van der Waals surface area (Å²) < 4.78 is 0.932. The molecule has 0 aromatic heterocycles. The number of piperidine rings is 1. The zero-order chi connectivity index (χ0) is 18.0. The van der Waals surface area contributed by atoms with Gasteiger partial charge >= 0.3 is 160 Å². The van der Waals surface area contributed by atoms with Gasteiger partial charge in [-0.3, -0.25) is 0 Å². The van der Waals surface area contributed by atoms with Gasteiger partial charge in [-0.15, -0.1) is 0 Å². The molecule has 0 spiro atoms. The van der Waals surface area contributed by atoms with Crippen LogP contribution in [0.5, 0.6) is 0 Å². The number of rotatable bonds is 11. The average molecular weight is 444 g/mol. The van der Waals surface area contributed by atoms with Crippen LogP contribution in [0.25, 0.3) is 0 Å². The van der Waals surface area contributed by atoms with E-state index >= 15 is 0 Å². The number of hydrogen-bond acceptors (Lipinski definition) is 2. The SMILES string of the molecule is CCCC[C](CCCC)(CCCC)[Sn][CH]1CC(O)CCN1C(C)=O. The summed E-state index contributed by atoms with van der Waals surface area (Å²) in [5.74, 6) is 0.225. The van der Waals surface area contributed by atoms with Crippen molar-refractivity contribution >= 4 is 27.0 Å². The molecular formula is C20H39NO2Sn. The van der Waals surface area contributed by atoms with Crippen LogP contribution in [0.1, 0.15) is 98.3 Å². The van der Waals surface area contributed by atoms with Crippen molar-refractivity contribution in [3.63, 3.8) is 0 Å². The van der Waals surface area contributed by atoms with Crippen LogP contribution in [-0.2, 0) is 4.79 Å². The Morgan fingerprint density at radius 1 is 1.08 bits per heavy atom. The van der Waals surface area contributed by atoms with E-state index < -0.39 is 21.1 Å². The maximum atomic E-state index is 12.1. The third kappa shape index (κ3) is 7.23. The van der Waals surface area contributed by atoms with Gasteiger partial charge in [-0.25, -0.2) is 0 Å². The fourth-order valence-electron chi connectivity index (χ4n) is 3.95. The molecule has 1 aliphatic rings. The second-order valence-corrected chi connectivity index (χ2v) is 13.4. The zero-order valence-corrected chi connectivity index (χ0v) is 19.3. The van der Waals surface area contributed by atoms with Crippen LogP contribution >= 0.6 is 0 Å². The second kappa shape index (κ2) is 11.8. The van der Waals surface area contributed by atoms with Crippen LogP contribution in [0.4, 0.5) is 0 Å². The Morgan fingerprint density at radius 2 is 1.58 bits per heavy atom. The van der Waals surface area contributed by atoms with Crippen LogP contribution in [0, 0.1) is 0 Å². The third-order valence-corrected chi connectivity index (χ3v) is 11.9. The standard InChI is InChI=1S/C13H27.C7H12NO2.Sn/c1-4-7-10-13(11-8-5-2)12-9-6-3;1-6(9)8-4-2-7(10)3-5-8;/h4-12H2,1-3H3;4,7,10H,2-3,5H2,1H3;. The van der Waals surface area contributed by atoms with E-state index in [4.69, 9.17) is 0 Å². The van der Waals surface area contributed by atoms with E-state index in [0.29, 0.717) is 7.49 Å². The Kier molecular flexibility index (Phi) is 10.9. The van der Waals surface area contributed by atoms with Crippen molar-refractivity contribution in [2.75, 3.05) is 6.54 Å². The number of carbonyl (C=O) groups is 1. The van der Waals surface area contributed by atoms with E-state index in [0.717, 1.165) is 19.4 Å². The molecule has 1 amide bonds. The molecular weight excluding hydrogens is 405 g/mol. The Hall–Kier alpha value is 0.229. The normalized spacial score (nSPS) is 22.0. The second-order valence-electron chi connectivity index (χ2n) is 7.64. The number of aliphatic hydroxyl groups is 1. The summed E-state index contributed by atoms with van der Waals surface area (Å²) in [5, 5.41) is 10.2. The summed E-state index contributed by atoms with van der Waals surface area (Å²) >= 11 is -0.813. The van der Waals surface area contributed by atoms with Crippen LogP contribution < -0.4 is 0 Å². The van der Waals surface area contributed by atoms with E-state index in [1.165, 1.54) is 57.8 Å². The molecule has 1 heterocycles. The zero-order valence-electron chi connectivity index (χ0n) is 16.4. The minimum atomic E-state index is -0.813. The first-order valence-electron chi connectivity index (χ1n) is 10.2. The number of amides is 1. The van der Waals surface area contributed by atoms with E-state index in [9.17, 15) is 9.90 Å². The fraction of sp³-hybridized carbons (Fsp3) is 0.950. The van der Waals surface area contributed by atoms with Crippen molar-refractivity contribution in [3.05, 3.63) is 0 Å². The fourth-order valence-corrected chi connectivity index (χ4v) is 11.2. The van der Waals surface area contributed by atoms with Crippen LogP contribution in [0.3, 0.4) is 0 Å². The molecule has 1 rings (SSSR count). The third-order valence-electron chi connectivity index (χ3n) is 5.48. The van der Waals surface area contributed by atoms with E-state index in [1.807, 2.05) is 0 Å². The number of aliphatic hydroxyl groups excluding tert-OH is 1. The molecule has 140 valence electrons. The molecule has 2 radical (unpaired) electrons. The number of unbranched alkanes of at least 4 members (excludes halogenated alkanes) is 3. The van der Waals surface area contributed by atoms with Crippen molar-refractivity contribution in [3.8, 4) is 0 Å². The summed E-state index contributed by atoms with van der Waals surface area (Å²) in [6.45, 7) is 9.37. The number of likely N-dealkylation sites (tertiary alicyclic amines) is 1. The minimum absolute atomic E-state index is 0.187. The van der Waals surface area contributed by atoms with E-state index in [-0.39, 0.29) is 12.0 Å². The average Bonchev–Trinajstić information content (AvgIpc) is 2.56. The Bertz CT molecular complexity index is 340. The summed E-state index contributed by atoms with van der Waals surface area (Å²) in [5.41, 5.74) is 0. The van der Waals surface area contributed by atoms with Gasteiger partial charge in [-0.1, -0.05) is 0 Å². The summed E-state index contributed by atoms with van der Waals surface area (Å²) in [4.78, 5) is 14.2. The van der Waals surface area contributed by atoms with Crippen LogP contribution in [0.2, 0.25) is 3.43 Å². The molecule has 2 unspecified atom stereocenters. The van der Waals surface area contributed by atoms with Gasteiger partial charge in [0.25, 0.3) is 0 Å². The van der Waals surface area contributed by atoms with E-state index in [1.54, 1.807) is 6.92 Å². The van der Waals surface area contributed by atoms with Gasteiger partial charge in [0.05, 0.1) is 0 Å². The molecule has 0 bridgehead atoms. The molecule has 1 N–H and O–H groups in total. The number of nitrogens with zero attached hydrogens (tertiary/aromatic N) is 1. The Balaban J connectivity index is 2.93. The monoisotopic (exact) mass is 445 g/mol. The Morgan fingerprint density at radius 3 is 2.00 bits per heavy atom. The maximum absolute atomic E-state index is 12.1. The molecule has 4 heteroatoms. The molecule has 1 fully saturated rings. The topological polar surface area (TPSA) is 40.5 Å². The first kappa shape index (κ1) is 22.3. The van der Waals surface area contributed by atoms with Crippen molar-refractivity contribution in [2.45, 2.75) is 112 Å². The molecule has 2 atom stereocenters. The van der Waals surface area contributed by atoms with Crippen LogP contribution in [-0.4, -0.2) is 53.8 Å². The van der Waals surface area contributed by atoms with E-state index in [2.05, 4.69) is 25.7 Å². The van der Waals surface area contributed by atoms with Gasteiger partial charge in [-0.05, 0) is 0 Å². The first-order valence-corrected chi connectivity index (χ1v) is 13.3. The predicted octanol–water partition coefficient (Wildman–Crippen LogP) is 4.75. The molecule has 0 saturated carbocycles. The predicted molar refractivity (Wildman–Crippen MR) is 103 cm³/mol. The first-order chi connectivity index (χ1) is 11.5. The van der Waals surface area contributed by atoms with Gasteiger partial charge in [0, 0.05) is 0 Å². The number of carbonyl (C=O) groups excluding carboxylic acids is 1. The van der Waals surface area contributed by atoms with Gasteiger partial charge < -0.3 is 0 Å². The molecule has 1 saturated heterocycles. The molecule has 24 heavy (non-hydrogen) atoms. The summed E-state index contributed by atoms with van der Waals surface area (Å²) in [7, 11) is 0. The van der Waals surface area contributed by atoms with Crippen molar-refractivity contribution in [1.29, 1.82) is 0 Å². The summed E-state index contributed by atoms with van der Waals surface area (Å²) in [6, 6.07) is 0. The molecule has 3 nitrogen and oxygen atoms in total. The number of hydrogen-bond donors (Lipinski definition) is 1. The van der Waals surface area contributed by atoms with Crippen molar-refractivity contribution in [2.24, 2.45) is 0 Å². The molecule has 0 aromatic carbocycles. The molecule has 0 aromatic rings. The van der Waals surface area contributed by atoms with Gasteiger partial charge in [0.1, 0.15) is 0 Å². The van der Waals surface area contributed by atoms with Gasteiger partial charge in [0.2, 0.25) is 0 Å². The van der Waals surface area contributed by atoms with Crippen molar-refractivity contribution < 1.29 is 9.90 Å². The van der Waals surface area contributed by atoms with Gasteiger partial charge in [-0.2, -0.15) is 0 Å². The van der Waals surface area contributed by atoms with Gasteiger partial charge in [0.15, 0.2) is 0 Å². The molecule has 0 aliphatic carbocycles. The quantitative estimate of drug-likeness (QED) is 0.468.